The molecule has 5 nitrogen and oxygen atoms in total. The number of imidazole rings is 1. The summed E-state index contributed by atoms with van der Waals surface area (Å²) in [5.74, 6) is -0.0317. The number of nitrogens with zero attached hydrogens (tertiary/aromatic N) is 3. The van der Waals surface area contributed by atoms with E-state index in [0.717, 1.165) is 39.9 Å². The van der Waals surface area contributed by atoms with Gasteiger partial charge in [0.15, 0.2) is 10.1 Å². The van der Waals surface area contributed by atoms with E-state index in [9.17, 15) is 4.79 Å². The van der Waals surface area contributed by atoms with E-state index in [4.69, 9.17) is 0 Å². The highest BCUT2D eigenvalue weighted by Crippen LogP contribution is 2.30. The van der Waals surface area contributed by atoms with Gasteiger partial charge in [0.05, 0.1) is 17.8 Å². The number of fused-ring (bicyclic) bond motifs is 2. The third kappa shape index (κ3) is 3.28. The summed E-state index contributed by atoms with van der Waals surface area (Å²) in [5.41, 5.74) is 4.12. The fraction of sp³-hybridized carbons (Fsp3) is 0.250. The summed E-state index contributed by atoms with van der Waals surface area (Å²) >= 11 is 3.18. The fourth-order valence-electron chi connectivity index (χ4n) is 3.44. The Labute approximate surface area is 164 Å². The number of aromatic nitrogens is 3. The van der Waals surface area contributed by atoms with Crippen LogP contribution in [0, 0.1) is 0 Å². The van der Waals surface area contributed by atoms with Crippen molar-refractivity contribution in [1.29, 1.82) is 0 Å². The van der Waals surface area contributed by atoms with E-state index in [2.05, 4.69) is 15.3 Å². The Balaban J connectivity index is 1.34. The van der Waals surface area contributed by atoms with E-state index in [0.29, 0.717) is 6.42 Å². The molecule has 5 rings (SSSR count). The zero-order chi connectivity index (χ0) is 18.2. The Kier molecular flexibility index (Phi) is 4.26. The Bertz CT molecular complexity index is 1090. The van der Waals surface area contributed by atoms with Gasteiger partial charge in [0, 0.05) is 27.7 Å². The maximum Gasteiger partial charge on any atom is 0.232 e. The second-order valence-corrected chi connectivity index (χ2v) is 8.61. The molecule has 1 amide bonds. The van der Waals surface area contributed by atoms with Crippen LogP contribution in [0.5, 0.6) is 0 Å². The molecule has 7 heteroatoms. The van der Waals surface area contributed by atoms with E-state index >= 15 is 0 Å². The lowest BCUT2D eigenvalue weighted by molar-refractivity contribution is -0.115. The van der Waals surface area contributed by atoms with Gasteiger partial charge < -0.3 is 5.32 Å². The first-order valence-electron chi connectivity index (χ1n) is 9.05. The van der Waals surface area contributed by atoms with Gasteiger partial charge in [-0.2, -0.15) is 0 Å². The van der Waals surface area contributed by atoms with Gasteiger partial charge in [-0.15, -0.1) is 22.7 Å². The lowest BCUT2D eigenvalue weighted by atomic mass is 10.0. The maximum absolute atomic E-state index is 12.5. The van der Waals surface area contributed by atoms with Gasteiger partial charge >= 0.3 is 0 Å². The number of hydrogen-bond donors (Lipinski definition) is 1. The minimum atomic E-state index is -0.0317. The molecule has 4 aromatic rings. The van der Waals surface area contributed by atoms with E-state index in [1.165, 1.54) is 23.4 Å². The summed E-state index contributed by atoms with van der Waals surface area (Å²) < 4.78 is 2.01. The summed E-state index contributed by atoms with van der Waals surface area (Å²) in [6.07, 6.45) is 6.86. The zero-order valence-corrected chi connectivity index (χ0v) is 16.3. The largest absolute Gasteiger partial charge is 0.302 e. The van der Waals surface area contributed by atoms with E-state index in [1.807, 2.05) is 46.3 Å². The van der Waals surface area contributed by atoms with Crippen molar-refractivity contribution in [3.05, 3.63) is 58.2 Å². The van der Waals surface area contributed by atoms with Crippen molar-refractivity contribution in [2.45, 2.75) is 32.1 Å². The van der Waals surface area contributed by atoms with Crippen LogP contribution >= 0.6 is 22.7 Å². The second-order valence-electron chi connectivity index (χ2n) is 6.69. The SMILES string of the molecule is O=C(Cc1csc2nc(-c3ccccc3)cn12)Nc1nc2c(s1)CCCC2. The number of rotatable bonds is 4. The standard InChI is InChI=1S/C20H18N4OS2/c25-18(23-19-21-15-8-4-5-9-17(15)27-19)10-14-12-26-20-22-16(11-24(14)20)13-6-2-1-3-7-13/h1-3,6-7,11-12H,4-5,8-10H2,(H,21,23,25). The number of carbonyl (C=O) groups excluding carboxylic acids is 1. The molecule has 1 aromatic carbocycles. The second kappa shape index (κ2) is 6.90. The van der Waals surface area contributed by atoms with Crippen molar-refractivity contribution >= 4 is 38.7 Å². The molecule has 0 aliphatic heterocycles. The number of carbonyl (C=O) groups is 1. The molecule has 0 saturated heterocycles. The molecule has 1 aliphatic carbocycles. The summed E-state index contributed by atoms with van der Waals surface area (Å²) in [4.78, 5) is 24.0. The normalized spacial score (nSPS) is 13.6. The van der Waals surface area contributed by atoms with Crippen LogP contribution in [0.4, 0.5) is 5.13 Å². The smallest absolute Gasteiger partial charge is 0.232 e. The number of anilines is 1. The Morgan fingerprint density at radius 1 is 1.15 bits per heavy atom. The molecule has 1 N–H and O–H groups in total. The molecule has 3 aromatic heterocycles. The predicted molar refractivity (Wildman–Crippen MR) is 110 cm³/mol. The number of aryl methyl sites for hydroxylation is 2. The van der Waals surface area contributed by atoms with Gasteiger partial charge in [0.1, 0.15) is 0 Å². The first-order chi connectivity index (χ1) is 13.3. The van der Waals surface area contributed by atoms with Crippen molar-refractivity contribution in [3.8, 4) is 11.3 Å². The highest BCUT2D eigenvalue weighted by molar-refractivity contribution is 7.16. The molecule has 0 saturated carbocycles. The topological polar surface area (TPSA) is 59.3 Å². The van der Waals surface area contributed by atoms with Gasteiger partial charge in [0.25, 0.3) is 0 Å². The fourth-order valence-corrected chi connectivity index (χ4v) is 5.38. The molecule has 0 atom stereocenters. The number of amides is 1. The first kappa shape index (κ1) is 16.6. The van der Waals surface area contributed by atoms with Gasteiger partial charge in [-0.1, -0.05) is 30.3 Å². The molecule has 3 heterocycles. The van der Waals surface area contributed by atoms with Crippen LogP contribution < -0.4 is 5.32 Å². The maximum atomic E-state index is 12.5. The van der Waals surface area contributed by atoms with Crippen LogP contribution in [0.25, 0.3) is 16.2 Å². The Hall–Kier alpha value is -2.51. The highest BCUT2D eigenvalue weighted by atomic mass is 32.1. The van der Waals surface area contributed by atoms with E-state index < -0.39 is 0 Å². The molecule has 136 valence electrons. The van der Waals surface area contributed by atoms with E-state index in [-0.39, 0.29) is 5.91 Å². The van der Waals surface area contributed by atoms with Crippen LogP contribution in [0.15, 0.2) is 41.9 Å². The molecule has 0 fully saturated rings. The van der Waals surface area contributed by atoms with Crippen LogP contribution in [-0.2, 0) is 24.1 Å². The monoisotopic (exact) mass is 394 g/mol. The molecule has 0 unspecified atom stereocenters. The van der Waals surface area contributed by atoms with Crippen molar-refractivity contribution in [2.75, 3.05) is 5.32 Å². The molecule has 27 heavy (non-hydrogen) atoms. The minimum absolute atomic E-state index is 0.0317. The van der Waals surface area contributed by atoms with Crippen LogP contribution in [0.2, 0.25) is 0 Å². The Morgan fingerprint density at radius 2 is 2.00 bits per heavy atom. The van der Waals surface area contributed by atoms with Crippen molar-refractivity contribution in [3.63, 3.8) is 0 Å². The van der Waals surface area contributed by atoms with Crippen LogP contribution in [0.3, 0.4) is 0 Å². The Morgan fingerprint density at radius 3 is 2.85 bits per heavy atom. The summed E-state index contributed by atoms with van der Waals surface area (Å²) in [7, 11) is 0. The molecule has 0 spiro atoms. The van der Waals surface area contributed by atoms with Crippen molar-refractivity contribution in [2.24, 2.45) is 0 Å². The quantitative estimate of drug-likeness (QED) is 0.551. The minimum Gasteiger partial charge on any atom is -0.302 e. The van der Waals surface area contributed by atoms with E-state index in [1.54, 1.807) is 22.7 Å². The predicted octanol–water partition coefficient (Wildman–Crippen LogP) is 4.58. The lowest BCUT2D eigenvalue weighted by Gasteiger charge is -2.06. The first-order valence-corrected chi connectivity index (χ1v) is 10.8. The summed E-state index contributed by atoms with van der Waals surface area (Å²) in [5, 5.41) is 5.71. The molecular weight excluding hydrogens is 376 g/mol. The third-order valence-corrected chi connectivity index (χ3v) is 6.75. The van der Waals surface area contributed by atoms with Crippen LogP contribution in [0.1, 0.15) is 29.1 Å². The molecular formula is C20H18N4OS2. The van der Waals surface area contributed by atoms with Crippen molar-refractivity contribution < 1.29 is 4.79 Å². The number of benzene rings is 1. The molecule has 1 aliphatic rings. The van der Waals surface area contributed by atoms with Gasteiger partial charge in [0.2, 0.25) is 5.91 Å². The summed E-state index contributed by atoms with van der Waals surface area (Å²) in [6.45, 7) is 0. The average Bonchev–Trinajstić information content (AvgIpc) is 3.37. The zero-order valence-electron chi connectivity index (χ0n) is 14.6. The summed E-state index contributed by atoms with van der Waals surface area (Å²) in [6, 6.07) is 10.1. The van der Waals surface area contributed by atoms with Gasteiger partial charge in [-0.25, -0.2) is 9.97 Å². The highest BCUT2D eigenvalue weighted by Gasteiger charge is 2.17. The third-order valence-electron chi connectivity index (χ3n) is 4.79. The molecule has 0 bridgehead atoms. The van der Waals surface area contributed by atoms with Gasteiger partial charge in [-0.05, 0) is 25.7 Å². The number of hydrogen-bond acceptors (Lipinski definition) is 5. The number of nitrogens with one attached hydrogen (secondary N) is 1. The van der Waals surface area contributed by atoms with Crippen LogP contribution in [-0.4, -0.2) is 20.3 Å². The number of thiazole rings is 2. The van der Waals surface area contributed by atoms with Gasteiger partial charge in [-0.3, -0.25) is 9.20 Å². The van der Waals surface area contributed by atoms with Crippen molar-refractivity contribution in [1.82, 2.24) is 14.4 Å². The molecule has 0 radical (unpaired) electrons. The average molecular weight is 395 g/mol. The lowest BCUT2D eigenvalue weighted by Crippen LogP contribution is -2.15.